The molecule has 0 bridgehead atoms. The number of esters is 1. The normalized spacial score (nSPS) is 15.0. The Kier molecular flexibility index (Phi) is 9.06. The second-order valence-electron chi connectivity index (χ2n) is 8.24. The summed E-state index contributed by atoms with van der Waals surface area (Å²) in [5.74, 6) is -0.810. The van der Waals surface area contributed by atoms with Crippen molar-refractivity contribution in [2.24, 2.45) is 4.99 Å². The smallest absolute Gasteiger partial charge is 0.344 e. The number of carboxylic acids is 1. The number of carboxylic acid groups (broad SMARTS) is 1. The molecule has 0 aliphatic carbocycles. The minimum atomic E-state index is -0.986. The Morgan fingerprint density at radius 1 is 0.923 bits per heavy atom. The van der Waals surface area contributed by atoms with E-state index >= 15 is 0 Å². The number of carbonyl (C=O) groups excluding carboxylic acids is 1. The number of aromatic carboxylic acids is 1. The third-order valence-electron chi connectivity index (χ3n) is 5.52. The molecule has 1 aliphatic rings. The second-order valence-corrected chi connectivity index (χ2v) is 9.27. The molecule has 3 aromatic carbocycles. The fourth-order valence-electron chi connectivity index (χ4n) is 3.67. The van der Waals surface area contributed by atoms with Gasteiger partial charge in [-0.05, 0) is 67.4 Å². The molecule has 4 rings (SSSR count). The molecular weight excluding hydrogens is 518 g/mol. The van der Waals surface area contributed by atoms with Crippen LogP contribution in [0.5, 0.6) is 11.5 Å². The first-order valence-corrected chi connectivity index (χ1v) is 13.1. The summed E-state index contributed by atoms with van der Waals surface area (Å²) in [6, 6.07) is 21.0. The molecular formula is C30H27NO7S. The SMILES string of the molecule is CCOC(=O)C1=C(O)/C(=C/c2ccc(OCc3ccc(C(=O)O)cc3)c(OCC)c2)SC1=Nc1ccccc1. The number of hydrogen-bond donors (Lipinski definition) is 2. The van der Waals surface area contributed by atoms with E-state index in [-0.39, 0.29) is 30.1 Å². The van der Waals surface area contributed by atoms with E-state index in [9.17, 15) is 14.7 Å². The van der Waals surface area contributed by atoms with Gasteiger partial charge >= 0.3 is 11.9 Å². The third kappa shape index (κ3) is 6.88. The molecule has 0 saturated heterocycles. The molecule has 8 nitrogen and oxygen atoms in total. The van der Waals surface area contributed by atoms with Crippen LogP contribution in [0.4, 0.5) is 5.69 Å². The standard InChI is InChI=1S/C30H27NO7S/c1-3-36-24-16-20(12-15-23(24)38-18-19-10-13-21(14-11-19)29(33)34)17-25-27(32)26(30(35)37-4-2)28(39-25)31-22-8-6-5-7-9-22/h5-17,32H,3-4,18H2,1-2H3,(H,33,34)/b25-17-,31-28?. The van der Waals surface area contributed by atoms with Crippen molar-refractivity contribution in [1.29, 1.82) is 0 Å². The molecule has 0 unspecified atom stereocenters. The molecule has 1 aliphatic heterocycles. The number of aliphatic hydroxyl groups excluding tert-OH is 1. The van der Waals surface area contributed by atoms with Crippen molar-refractivity contribution in [3.63, 3.8) is 0 Å². The average molecular weight is 546 g/mol. The summed E-state index contributed by atoms with van der Waals surface area (Å²) in [4.78, 5) is 28.7. The van der Waals surface area contributed by atoms with Crippen molar-refractivity contribution < 1.29 is 34.0 Å². The molecule has 200 valence electrons. The highest BCUT2D eigenvalue weighted by Crippen LogP contribution is 2.41. The quantitative estimate of drug-likeness (QED) is 0.276. The zero-order valence-corrected chi connectivity index (χ0v) is 22.2. The highest BCUT2D eigenvalue weighted by Gasteiger charge is 2.33. The zero-order chi connectivity index (χ0) is 27.8. The van der Waals surface area contributed by atoms with Gasteiger partial charge in [-0.3, -0.25) is 0 Å². The Hall–Kier alpha value is -4.50. The number of hydrogen-bond acceptors (Lipinski definition) is 8. The van der Waals surface area contributed by atoms with Crippen molar-refractivity contribution in [2.45, 2.75) is 20.5 Å². The van der Waals surface area contributed by atoms with E-state index in [2.05, 4.69) is 4.99 Å². The maximum absolute atomic E-state index is 12.7. The van der Waals surface area contributed by atoms with Crippen molar-refractivity contribution >= 4 is 40.5 Å². The van der Waals surface area contributed by atoms with Gasteiger partial charge in [0.1, 0.15) is 23.0 Å². The average Bonchev–Trinajstić information content (AvgIpc) is 3.23. The van der Waals surface area contributed by atoms with Crippen LogP contribution in [-0.2, 0) is 16.1 Å². The van der Waals surface area contributed by atoms with Gasteiger partial charge in [0.05, 0.1) is 29.4 Å². The van der Waals surface area contributed by atoms with Crippen molar-refractivity contribution in [3.05, 3.63) is 106 Å². The summed E-state index contributed by atoms with van der Waals surface area (Å²) in [5, 5.41) is 20.4. The van der Waals surface area contributed by atoms with Gasteiger partial charge in [0.2, 0.25) is 0 Å². The van der Waals surface area contributed by atoms with Crippen molar-refractivity contribution in [3.8, 4) is 11.5 Å². The maximum atomic E-state index is 12.7. The third-order valence-corrected chi connectivity index (χ3v) is 6.54. The summed E-state index contributed by atoms with van der Waals surface area (Å²) in [6.45, 7) is 4.36. The van der Waals surface area contributed by atoms with E-state index in [4.69, 9.17) is 19.3 Å². The van der Waals surface area contributed by atoms with Crippen LogP contribution in [0.1, 0.15) is 35.3 Å². The summed E-state index contributed by atoms with van der Waals surface area (Å²) in [5.41, 5.74) is 2.40. The number of nitrogens with zero attached hydrogens (tertiary/aromatic N) is 1. The summed E-state index contributed by atoms with van der Waals surface area (Å²) in [7, 11) is 0. The molecule has 0 aromatic heterocycles. The lowest BCUT2D eigenvalue weighted by Crippen LogP contribution is -2.12. The van der Waals surface area contributed by atoms with E-state index in [1.165, 1.54) is 23.9 Å². The molecule has 2 N–H and O–H groups in total. The molecule has 0 atom stereocenters. The van der Waals surface area contributed by atoms with Gasteiger partial charge < -0.3 is 24.4 Å². The first kappa shape index (κ1) is 27.5. The molecule has 0 amide bonds. The Morgan fingerprint density at radius 2 is 1.67 bits per heavy atom. The number of carbonyl (C=O) groups is 2. The maximum Gasteiger partial charge on any atom is 0.344 e. The number of rotatable bonds is 10. The van der Waals surface area contributed by atoms with E-state index in [1.54, 1.807) is 37.3 Å². The predicted octanol–water partition coefficient (Wildman–Crippen LogP) is 6.56. The molecule has 0 radical (unpaired) electrons. The van der Waals surface area contributed by atoms with Crippen LogP contribution in [-0.4, -0.2) is 40.4 Å². The number of benzene rings is 3. The summed E-state index contributed by atoms with van der Waals surface area (Å²) >= 11 is 1.18. The van der Waals surface area contributed by atoms with E-state index in [0.717, 1.165) is 11.1 Å². The minimum absolute atomic E-state index is 0.0239. The molecule has 3 aromatic rings. The minimum Gasteiger partial charge on any atom is -0.506 e. The number of aliphatic imine (C=N–C) groups is 1. The van der Waals surface area contributed by atoms with Crippen LogP contribution < -0.4 is 9.47 Å². The number of para-hydroxylation sites is 1. The number of aliphatic hydroxyl groups is 1. The van der Waals surface area contributed by atoms with Crippen LogP contribution >= 0.6 is 11.8 Å². The van der Waals surface area contributed by atoms with Gasteiger partial charge in [-0.1, -0.05) is 48.2 Å². The Labute approximate surface area is 230 Å². The lowest BCUT2D eigenvalue weighted by molar-refractivity contribution is -0.138. The topological polar surface area (TPSA) is 115 Å². The molecule has 0 saturated carbocycles. The fraction of sp³-hybridized carbons (Fsp3) is 0.167. The van der Waals surface area contributed by atoms with Crippen LogP contribution in [0.3, 0.4) is 0 Å². The van der Waals surface area contributed by atoms with Gasteiger partial charge in [0.25, 0.3) is 0 Å². The summed E-state index contributed by atoms with van der Waals surface area (Å²) < 4.78 is 16.9. The lowest BCUT2D eigenvalue weighted by Gasteiger charge is -2.13. The number of thioether (sulfide) groups is 1. The predicted molar refractivity (Wildman–Crippen MR) is 151 cm³/mol. The Balaban J connectivity index is 1.60. The van der Waals surface area contributed by atoms with E-state index in [0.29, 0.717) is 33.7 Å². The highest BCUT2D eigenvalue weighted by atomic mass is 32.2. The fourth-order valence-corrected chi connectivity index (χ4v) is 4.70. The molecule has 0 fully saturated rings. The Bertz CT molecular complexity index is 1440. The molecule has 0 spiro atoms. The zero-order valence-electron chi connectivity index (χ0n) is 21.4. The second kappa shape index (κ2) is 12.8. The van der Waals surface area contributed by atoms with Gasteiger partial charge in [-0.15, -0.1) is 0 Å². The van der Waals surface area contributed by atoms with Gasteiger partial charge in [0.15, 0.2) is 11.5 Å². The van der Waals surface area contributed by atoms with Crippen LogP contribution in [0, 0.1) is 0 Å². The van der Waals surface area contributed by atoms with Gasteiger partial charge in [-0.2, -0.15) is 0 Å². The van der Waals surface area contributed by atoms with Gasteiger partial charge in [0, 0.05) is 0 Å². The molecule has 1 heterocycles. The van der Waals surface area contributed by atoms with Crippen molar-refractivity contribution in [1.82, 2.24) is 0 Å². The largest absolute Gasteiger partial charge is 0.506 e. The molecule has 39 heavy (non-hydrogen) atoms. The van der Waals surface area contributed by atoms with E-state index in [1.807, 2.05) is 43.3 Å². The van der Waals surface area contributed by atoms with Gasteiger partial charge in [-0.25, -0.2) is 14.6 Å². The van der Waals surface area contributed by atoms with Crippen LogP contribution in [0.15, 0.2) is 94.0 Å². The summed E-state index contributed by atoms with van der Waals surface area (Å²) in [6.07, 6.45) is 1.74. The van der Waals surface area contributed by atoms with Crippen LogP contribution in [0.25, 0.3) is 6.08 Å². The van der Waals surface area contributed by atoms with Crippen molar-refractivity contribution in [2.75, 3.05) is 13.2 Å². The Morgan fingerprint density at radius 3 is 2.33 bits per heavy atom. The number of ether oxygens (including phenoxy) is 3. The highest BCUT2D eigenvalue weighted by molar-refractivity contribution is 8.18. The first-order valence-electron chi connectivity index (χ1n) is 12.3. The molecule has 9 heteroatoms. The monoisotopic (exact) mass is 545 g/mol. The lowest BCUT2D eigenvalue weighted by atomic mass is 10.1. The van der Waals surface area contributed by atoms with E-state index < -0.39 is 11.9 Å². The van der Waals surface area contributed by atoms with Crippen LogP contribution in [0.2, 0.25) is 0 Å². The first-order chi connectivity index (χ1) is 18.9.